The number of piperidine rings is 1. The van der Waals surface area contributed by atoms with E-state index in [9.17, 15) is 4.79 Å². The van der Waals surface area contributed by atoms with Crippen molar-refractivity contribution in [3.8, 4) is 0 Å². The summed E-state index contributed by atoms with van der Waals surface area (Å²) in [6.45, 7) is 3.90. The highest BCUT2D eigenvalue weighted by molar-refractivity contribution is 6.10. The molecular weight excluding hydrogens is 234 g/mol. The molecular formula is C17H19NO. The van der Waals surface area contributed by atoms with Gasteiger partial charge in [-0.2, -0.15) is 0 Å². The maximum Gasteiger partial charge on any atom is 0.160 e. The van der Waals surface area contributed by atoms with E-state index in [-0.39, 0.29) is 5.78 Å². The predicted molar refractivity (Wildman–Crippen MR) is 80.0 cm³/mol. The Balaban J connectivity index is 2.15. The number of hydrogen-bond donors (Lipinski definition) is 0. The number of carbonyl (C=O) groups excluding carboxylic acids is 1. The zero-order chi connectivity index (χ0) is 13.2. The number of ketones is 1. The summed E-state index contributed by atoms with van der Waals surface area (Å²) in [4.78, 5) is 14.2. The summed E-state index contributed by atoms with van der Waals surface area (Å²) in [6, 6.07) is 12.3. The molecule has 0 aromatic heterocycles. The van der Waals surface area contributed by atoms with Crippen LogP contribution in [0.3, 0.4) is 0 Å². The molecule has 19 heavy (non-hydrogen) atoms. The maximum absolute atomic E-state index is 11.7. The zero-order valence-corrected chi connectivity index (χ0v) is 11.4. The Morgan fingerprint density at radius 1 is 0.947 bits per heavy atom. The van der Waals surface area contributed by atoms with E-state index in [1.165, 1.54) is 30.3 Å². The average molecular weight is 253 g/mol. The minimum Gasteiger partial charge on any atom is -0.371 e. The molecule has 0 saturated carbocycles. The molecule has 1 heterocycles. The maximum atomic E-state index is 11.7. The number of hydrogen-bond acceptors (Lipinski definition) is 2. The fourth-order valence-corrected chi connectivity index (χ4v) is 3.00. The van der Waals surface area contributed by atoms with Gasteiger partial charge in [0.05, 0.1) is 0 Å². The number of fused-ring (bicyclic) bond motifs is 1. The van der Waals surface area contributed by atoms with Crippen molar-refractivity contribution in [2.45, 2.75) is 26.2 Å². The molecule has 1 aliphatic rings. The molecule has 2 aromatic rings. The molecule has 1 fully saturated rings. The first-order valence-electron chi connectivity index (χ1n) is 7.05. The van der Waals surface area contributed by atoms with Crippen LogP contribution in [0.1, 0.15) is 36.5 Å². The van der Waals surface area contributed by atoms with Crippen molar-refractivity contribution < 1.29 is 4.79 Å². The smallest absolute Gasteiger partial charge is 0.160 e. The first-order chi connectivity index (χ1) is 9.27. The lowest BCUT2D eigenvalue weighted by atomic mass is 9.99. The van der Waals surface area contributed by atoms with Gasteiger partial charge in [-0.1, -0.05) is 24.3 Å². The standard InChI is InChI=1S/C17H19NO/c1-13(19)14-9-10-17(18-11-5-2-6-12-18)16-8-4-3-7-15(14)16/h3-4,7-10H,2,5-6,11-12H2,1H3. The number of nitrogens with zero attached hydrogens (tertiary/aromatic N) is 1. The molecule has 2 aromatic carbocycles. The minimum atomic E-state index is 0.140. The fraction of sp³-hybridized carbons (Fsp3) is 0.353. The Bertz CT molecular complexity index is 612. The van der Waals surface area contributed by atoms with Gasteiger partial charge in [0.25, 0.3) is 0 Å². The molecule has 0 radical (unpaired) electrons. The molecule has 0 atom stereocenters. The van der Waals surface area contributed by atoms with E-state index < -0.39 is 0 Å². The zero-order valence-electron chi connectivity index (χ0n) is 11.4. The van der Waals surface area contributed by atoms with Gasteiger partial charge >= 0.3 is 0 Å². The average Bonchev–Trinajstić information content (AvgIpc) is 2.47. The molecule has 3 rings (SSSR count). The molecule has 1 aliphatic heterocycles. The predicted octanol–water partition coefficient (Wildman–Crippen LogP) is 4.03. The molecule has 0 amide bonds. The van der Waals surface area contributed by atoms with Crippen molar-refractivity contribution >= 4 is 22.2 Å². The second-order valence-electron chi connectivity index (χ2n) is 5.28. The second kappa shape index (κ2) is 5.04. The van der Waals surface area contributed by atoms with Crippen LogP contribution in [0.5, 0.6) is 0 Å². The molecule has 0 spiro atoms. The normalized spacial score (nSPS) is 15.7. The quantitative estimate of drug-likeness (QED) is 0.753. The van der Waals surface area contributed by atoms with E-state index >= 15 is 0 Å². The molecule has 2 heteroatoms. The Labute approximate surface area is 114 Å². The Morgan fingerprint density at radius 2 is 1.63 bits per heavy atom. The van der Waals surface area contributed by atoms with Crippen molar-refractivity contribution in [1.29, 1.82) is 0 Å². The van der Waals surface area contributed by atoms with Gasteiger partial charge in [0.15, 0.2) is 5.78 Å². The number of carbonyl (C=O) groups is 1. The third kappa shape index (κ3) is 2.23. The van der Waals surface area contributed by atoms with Crippen LogP contribution >= 0.6 is 0 Å². The number of benzene rings is 2. The number of rotatable bonds is 2. The van der Waals surface area contributed by atoms with Crippen molar-refractivity contribution in [3.05, 3.63) is 42.0 Å². The van der Waals surface area contributed by atoms with Gasteiger partial charge < -0.3 is 4.90 Å². The van der Waals surface area contributed by atoms with Crippen molar-refractivity contribution in [1.82, 2.24) is 0 Å². The minimum absolute atomic E-state index is 0.140. The van der Waals surface area contributed by atoms with E-state index in [1.54, 1.807) is 6.92 Å². The van der Waals surface area contributed by atoms with Crippen LogP contribution in [-0.2, 0) is 0 Å². The number of anilines is 1. The molecule has 1 saturated heterocycles. The van der Waals surface area contributed by atoms with Crippen LogP contribution in [-0.4, -0.2) is 18.9 Å². The van der Waals surface area contributed by atoms with Gasteiger partial charge in [-0.15, -0.1) is 0 Å². The van der Waals surface area contributed by atoms with Crippen LogP contribution in [0.4, 0.5) is 5.69 Å². The molecule has 0 bridgehead atoms. The summed E-state index contributed by atoms with van der Waals surface area (Å²) in [5.74, 6) is 0.140. The Morgan fingerprint density at radius 3 is 2.32 bits per heavy atom. The van der Waals surface area contributed by atoms with E-state index in [2.05, 4.69) is 29.2 Å². The van der Waals surface area contributed by atoms with E-state index in [1.807, 2.05) is 12.1 Å². The first-order valence-corrected chi connectivity index (χ1v) is 7.05. The summed E-state index contributed by atoms with van der Waals surface area (Å²) >= 11 is 0. The monoisotopic (exact) mass is 253 g/mol. The van der Waals surface area contributed by atoms with Crippen molar-refractivity contribution in [3.63, 3.8) is 0 Å². The van der Waals surface area contributed by atoms with Crippen molar-refractivity contribution in [2.75, 3.05) is 18.0 Å². The van der Waals surface area contributed by atoms with E-state index in [4.69, 9.17) is 0 Å². The highest BCUT2D eigenvalue weighted by Gasteiger charge is 2.15. The largest absolute Gasteiger partial charge is 0.371 e. The van der Waals surface area contributed by atoms with Crippen LogP contribution < -0.4 is 4.90 Å². The lowest BCUT2D eigenvalue weighted by molar-refractivity contribution is 0.101. The van der Waals surface area contributed by atoms with Gasteiger partial charge in [0, 0.05) is 29.7 Å². The van der Waals surface area contributed by atoms with Gasteiger partial charge in [0.1, 0.15) is 0 Å². The van der Waals surface area contributed by atoms with Crippen LogP contribution in [0.2, 0.25) is 0 Å². The lowest BCUT2D eigenvalue weighted by Gasteiger charge is -2.30. The van der Waals surface area contributed by atoms with Gasteiger partial charge in [-0.05, 0) is 43.7 Å². The molecule has 0 aliphatic carbocycles. The molecule has 0 N–H and O–H groups in total. The Kier molecular flexibility index (Phi) is 3.24. The van der Waals surface area contributed by atoms with Crippen LogP contribution in [0, 0.1) is 0 Å². The highest BCUT2D eigenvalue weighted by Crippen LogP contribution is 2.31. The third-order valence-corrected chi connectivity index (χ3v) is 3.98. The summed E-state index contributed by atoms with van der Waals surface area (Å²) in [5.41, 5.74) is 2.11. The van der Waals surface area contributed by atoms with Gasteiger partial charge in [-0.3, -0.25) is 4.79 Å². The number of Topliss-reactive ketones (excluding diaryl/α,β-unsaturated/α-hetero) is 1. The molecule has 98 valence electrons. The van der Waals surface area contributed by atoms with Crippen LogP contribution in [0.25, 0.3) is 10.8 Å². The van der Waals surface area contributed by atoms with Crippen LogP contribution in [0.15, 0.2) is 36.4 Å². The summed E-state index contributed by atoms with van der Waals surface area (Å²) in [6.07, 6.45) is 3.87. The van der Waals surface area contributed by atoms with Crippen molar-refractivity contribution in [2.24, 2.45) is 0 Å². The van der Waals surface area contributed by atoms with Gasteiger partial charge in [-0.25, -0.2) is 0 Å². The fourth-order valence-electron chi connectivity index (χ4n) is 3.00. The third-order valence-electron chi connectivity index (χ3n) is 3.98. The topological polar surface area (TPSA) is 20.3 Å². The summed E-state index contributed by atoms with van der Waals surface area (Å²) in [7, 11) is 0. The SMILES string of the molecule is CC(=O)c1ccc(N2CCCCC2)c2ccccc12. The van der Waals surface area contributed by atoms with Gasteiger partial charge in [0.2, 0.25) is 0 Å². The highest BCUT2D eigenvalue weighted by atomic mass is 16.1. The van der Waals surface area contributed by atoms with E-state index in [0.29, 0.717) is 0 Å². The molecule has 2 nitrogen and oxygen atoms in total. The summed E-state index contributed by atoms with van der Waals surface area (Å²) < 4.78 is 0. The molecule has 0 unspecified atom stereocenters. The lowest BCUT2D eigenvalue weighted by Crippen LogP contribution is -2.29. The summed E-state index contributed by atoms with van der Waals surface area (Å²) in [5, 5.41) is 2.29. The van der Waals surface area contributed by atoms with E-state index in [0.717, 1.165) is 24.0 Å². The first kappa shape index (κ1) is 12.2. The Hall–Kier alpha value is -1.83. The second-order valence-corrected chi connectivity index (χ2v) is 5.28.